The zero-order valence-electron chi connectivity index (χ0n) is 36.3. The van der Waals surface area contributed by atoms with Crippen LogP contribution in [0.15, 0.2) is 137 Å². The van der Waals surface area contributed by atoms with Crippen LogP contribution in [0.25, 0.3) is 60.2 Å². The summed E-state index contributed by atoms with van der Waals surface area (Å²) in [4.78, 5) is 0.541. The smallest absolute Gasteiger partial charge is 0.206 e. The summed E-state index contributed by atoms with van der Waals surface area (Å²) in [6.45, 7) is 26.9. The molecule has 0 amide bonds. The van der Waals surface area contributed by atoms with Gasteiger partial charge in [0.15, 0.2) is 0 Å². The highest BCUT2D eigenvalue weighted by molar-refractivity contribution is 7.91. The largest absolute Gasteiger partial charge is 0.309 e. The molecule has 4 heteroatoms. The first-order valence-electron chi connectivity index (χ1n) is 20.6. The predicted octanol–water partition coefficient (Wildman–Crippen LogP) is 14.8. The van der Waals surface area contributed by atoms with Crippen LogP contribution < -0.4 is 0 Å². The third-order valence-corrected chi connectivity index (χ3v) is 13.8. The molecule has 0 N–H and O–H groups in total. The van der Waals surface area contributed by atoms with E-state index in [0.29, 0.717) is 0 Å². The molecule has 8 rings (SSSR count). The number of benzene rings is 7. The maximum Gasteiger partial charge on any atom is 0.206 e. The van der Waals surface area contributed by atoms with E-state index in [9.17, 15) is 8.42 Å². The van der Waals surface area contributed by atoms with Gasteiger partial charge in [-0.05, 0) is 143 Å². The number of hydrogen-bond acceptors (Lipinski definition) is 2. The number of hydrogen-bond donors (Lipinski definition) is 0. The number of rotatable bonds is 4. The summed E-state index contributed by atoms with van der Waals surface area (Å²) >= 11 is 0. The summed E-state index contributed by atoms with van der Waals surface area (Å²) in [6, 6.07) is 44.2. The molecule has 0 aliphatic rings. The Labute approximate surface area is 345 Å². The Kier molecular flexibility index (Phi) is 9.17. The van der Waals surface area contributed by atoms with Gasteiger partial charge in [0.25, 0.3) is 0 Å². The Bertz CT molecular complexity index is 2970. The standard InChI is InChI=1S/C54H57NO2S/c1-51(2,3)36-20-19-35-28-44(43-24-21-37(52(4,5)6)30-46(43)45(35)29-36)34-15-13-17-41(27-34)58(56,57)42-18-14-16-40(33-42)55-49-25-22-38(53(7,8)9)31-47(49)48-32-39(54(10,11)12)23-26-50(48)55/h13-33H,1-12H3. The highest BCUT2D eigenvalue weighted by Crippen LogP contribution is 2.41. The van der Waals surface area contributed by atoms with E-state index in [2.05, 4.69) is 167 Å². The minimum absolute atomic E-state index is 0.00788. The zero-order chi connectivity index (χ0) is 41.7. The van der Waals surface area contributed by atoms with Crippen molar-refractivity contribution in [1.82, 2.24) is 4.57 Å². The van der Waals surface area contributed by atoms with Gasteiger partial charge < -0.3 is 4.57 Å². The van der Waals surface area contributed by atoms with Gasteiger partial charge in [0.05, 0.1) is 20.8 Å². The quantitative estimate of drug-likeness (QED) is 0.167. The van der Waals surface area contributed by atoms with Gasteiger partial charge in [-0.3, -0.25) is 0 Å². The van der Waals surface area contributed by atoms with Crippen LogP contribution in [0.1, 0.15) is 105 Å². The third kappa shape index (κ3) is 6.94. The highest BCUT2D eigenvalue weighted by Gasteiger charge is 2.25. The number of aromatic nitrogens is 1. The van der Waals surface area contributed by atoms with Crippen molar-refractivity contribution in [2.75, 3.05) is 0 Å². The van der Waals surface area contributed by atoms with Crippen molar-refractivity contribution in [1.29, 1.82) is 0 Å². The van der Waals surface area contributed by atoms with E-state index in [1.807, 2.05) is 36.4 Å². The lowest BCUT2D eigenvalue weighted by molar-refractivity contribution is 0.590. The molecule has 0 atom stereocenters. The molecule has 0 radical (unpaired) electrons. The Balaban J connectivity index is 1.27. The molecule has 3 nitrogen and oxygen atoms in total. The molecule has 0 saturated heterocycles. The predicted molar refractivity (Wildman–Crippen MR) is 248 cm³/mol. The highest BCUT2D eigenvalue weighted by atomic mass is 32.2. The van der Waals surface area contributed by atoms with E-state index in [1.54, 1.807) is 12.1 Å². The molecule has 1 heterocycles. The first-order chi connectivity index (χ1) is 27.0. The second-order valence-electron chi connectivity index (χ2n) is 20.4. The van der Waals surface area contributed by atoms with Gasteiger partial charge in [0.2, 0.25) is 9.84 Å². The van der Waals surface area contributed by atoms with Gasteiger partial charge >= 0.3 is 0 Å². The fraction of sp³-hybridized carbons (Fsp3) is 0.296. The first kappa shape index (κ1) is 39.6. The monoisotopic (exact) mass is 783 g/mol. The molecule has 0 aliphatic heterocycles. The maximum atomic E-state index is 14.7. The SMILES string of the molecule is CC(C)(C)c1ccc2cc(-c3cccc(S(=O)(=O)c4cccc(-n5c6ccc(C(C)(C)C)cc6c6cc(C(C)(C)C)ccc65)c4)c3)c3ccc(C(C)(C)C)cc3c2c1. The average molecular weight is 784 g/mol. The molecule has 0 spiro atoms. The van der Waals surface area contributed by atoms with Gasteiger partial charge in [-0.1, -0.05) is 144 Å². The van der Waals surface area contributed by atoms with Crippen molar-refractivity contribution in [3.8, 4) is 16.8 Å². The summed E-state index contributed by atoms with van der Waals surface area (Å²) in [6.07, 6.45) is 0. The van der Waals surface area contributed by atoms with Crippen LogP contribution in [0.2, 0.25) is 0 Å². The molecule has 8 aromatic rings. The molecule has 0 saturated carbocycles. The summed E-state index contributed by atoms with van der Waals surface area (Å²) in [5.41, 5.74) is 9.85. The molecule has 58 heavy (non-hydrogen) atoms. The van der Waals surface area contributed by atoms with Crippen LogP contribution in [0.4, 0.5) is 0 Å². The average Bonchev–Trinajstić information content (AvgIpc) is 3.49. The van der Waals surface area contributed by atoms with Crippen molar-refractivity contribution in [3.63, 3.8) is 0 Å². The van der Waals surface area contributed by atoms with Gasteiger partial charge in [-0.2, -0.15) is 0 Å². The van der Waals surface area contributed by atoms with Crippen LogP contribution in [0.3, 0.4) is 0 Å². The summed E-state index contributed by atoms with van der Waals surface area (Å²) in [7, 11) is -3.90. The molecule has 0 unspecified atom stereocenters. The lowest BCUT2D eigenvalue weighted by Gasteiger charge is -2.23. The Hall–Kier alpha value is -5.19. The minimum atomic E-state index is -3.90. The van der Waals surface area contributed by atoms with E-state index < -0.39 is 9.84 Å². The van der Waals surface area contributed by atoms with Crippen LogP contribution in [-0.2, 0) is 31.5 Å². The summed E-state index contributed by atoms with van der Waals surface area (Å²) in [5.74, 6) is 0. The lowest BCUT2D eigenvalue weighted by atomic mass is 9.82. The normalized spacial score (nSPS) is 13.3. The Morgan fingerprint density at radius 3 is 1.38 bits per heavy atom. The van der Waals surface area contributed by atoms with E-state index in [1.165, 1.54) is 43.8 Å². The van der Waals surface area contributed by atoms with E-state index in [4.69, 9.17) is 0 Å². The zero-order valence-corrected chi connectivity index (χ0v) is 37.1. The van der Waals surface area contributed by atoms with Gasteiger partial charge in [0.1, 0.15) is 0 Å². The fourth-order valence-electron chi connectivity index (χ4n) is 8.31. The van der Waals surface area contributed by atoms with E-state index >= 15 is 0 Å². The Morgan fingerprint density at radius 2 is 0.845 bits per heavy atom. The second kappa shape index (κ2) is 13.4. The molecular formula is C54H57NO2S. The number of sulfone groups is 1. The topological polar surface area (TPSA) is 39.1 Å². The van der Waals surface area contributed by atoms with Crippen LogP contribution in [0, 0.1) is 0 Å². The molecular weight excluding hydrogens is 727 g/mol. The molecule has 1 aromatic heterocycles. The first-order valence-corrected chi connectivity index (χ1v) is 22.1. The minimum Gasteiger partial charge on any atom is -0.309 e. The molecule has 0 aliphatic carbocycles. The summed E-state index contributed by atoms with van der Waals surface area (Å²) < 4.78 is 31.7. The van der Waals surface area contributed by atoms with Gasteiger partial charge in [-0.25, -0.2) is 8.42 Å². The lowest BCUT2D eigenvalue weighted by Crippen LogP contribution is -2.11. The number of nitrogens with zero attached hydrogens (tertiary/aromatic N) is 1. The maximum absolute atomic E-state index is 14.7. The van der Waals surface area contributed by atoms with Gasteiger partial charge in [-0.15, -0.1) is 0 Å². The molecule has 296 valence electrons. The van der Waals surface area contributed by atoms with Crippen LogP contribution in [0.5, 0.6) is 0 Å². The van der Waals surface area contributed by atoms with Crippen molar-refractivity contribution in [3.05, 3.63) is 150 Å². The van der Waals surface area contributed by atoms with E-state index in [0.717, 1.165) is 38.6 Å². The number of fused-ring (bicyclic) bond motifs is 6. The van der Waals surface area contributed by atoms with Gasteiger partial charge in [0, 0.05) is 16.5 Å². The molecule has 0 fully saturated rings. The van der Waals surface area contributed by atoms with Crippen molar-refractivity contribution in [2.24, 2.45) is 0 Å². The van der Waals surface area contributed by atoms with Crippen molar-refractivity contribution >= 4 is 53.2 Å². The second-order valence-corrected chi connectivity index (χ2v) is 22.4. The van der Waals surface area contributed by atoms with Crippen molar-refractivity contribution < 1.29 is 8.42 Å². The van der Waals surface area contributed by atoms with E-state index in [-0.39, 0.29) is 31.5 Å². The molecule has 7 aromatic carbocycles. The van der Waals surface area contributed by atoms with Crippen molar-refractivity contribution in [2.45, 2.75) is 115 Å². The molecule has 0 bridgehead atoms. The Morgan fingerprint density at radius 1 is 0.397 bits per heavy atom. The van der Waals surface area contributed by atoms with Crippen LogP contribution in [-0.4, -0.2) is 13.0 Å². The third-order valence-electron chi connectivity index (χ3n) is 12.0. The van der Waals surface area contributed by atoms with Crippen LogP contribution >= 0.6 is 0 Å². The fourth-order valence-corrected chi connectivity index (χ4v) is 9.66. The summed E-state index contributed by atoms with van der Waals surface area (Å²) in [5, 5.41) is 6.98.